The summed E-state index contributed by atoms with van der Waals surface area (Å²) in [5.74, 6) is 2.62. The van der Waals surface area contributed by atoms with E-state index >= 15 is 0 Å². The highest BCUT2D eigenvalue weighted by atomic mass is 31.1. The molecule has 0 bridgehead atoms. The molecule has 0 fully saturated rings. The zero-order chi connectivity index (χ0) is 27.5. The predicted molar refractivity (Wildman–Crippen MR) is 164 cm³/mol. The summed E-state index contributed by atoms with van der Waals surface area (Å²) >= 11 is 0. The second kappa shape index (κ2) is 11.6. The molecule has 0 saturated heterocycles. The number of methoxy groups -OCH3 is 2. The van der Waals surface area contributed by atoms with Crippen LogP contribution in [0, 0.1) is 27.7 Å². The van der Waals surface area contributed by atoms with E-state index in [4.69, 9.17) is 19.2 Å². The highest BCUT2D eigenvalue weighted by molar-refractivity contribution is 7.80. The fourth-order valence-electron chi connectivity index (χ4n) is 5.59. The van der Waals surface area contributed by atoms with Gasteiger partial charge in [-0.1, -0.05) is 48.5 Å². The standard InChI is InChI=1S/C34H36NO3P/c1-22-16-28(17-23(2)32(22)36-5)39(29-18-24(3)33(37-6)25(4)19-29)31-15-11-10-14-30(31)34-35-27(21-38-34)20-26-12-8-7-9-13-26/h7-19,27H,20-21H2,1-6H3/t27-/m0/s1. The third kappa shape index (κ3) is 5.58. The highest BCUT2D eigenvalue weighted by Crippen LogP contribution is 2.39. The van der Waals surface area contributed by atoms with Gasteiger partial charge in [-0.15, -0.1) is 0 Å². The van der Waals surface area contributed by atoms with Gasteiger partial charge in [-0.3, -0.25) is 0 Å². The van der Waals surface area contributed by atoms with E-state index in [0.29, 0.717) is 6.61 Å². The maximum Gasteiger partial charge on any atom is 0.217 e. The topological polar surface area (TPSA) is 40.0 Å². The molecule has 0 aliphatic carbocycles. The van der Waals surface area contributed by atoms with Gasteiger partial charge in [0.05, 0.1) is 20.3 Å². The molecule has 200 valence electrons. The van der Waals surface area contributed by atoms with Crippen LogP contribution in [0.15, 0.2) is 83.9 Å². The number of hydrogen-bond donors (Lipinski definition) is 0. The van der Waals surface area contributed by atoms with E-state index < -0.39 is 7.92 Å². The maximum atomic E-state index is 6.27. The van der Waals surface area contributed by atoms with Gasteiger partial charge in [0.25, 0.3) is 0 Å². The van der Waals surface area contributed by atoms with Gasteiger partial charge < -0.3 is 14.2 Å². The quantitative estimate of drug-likeness (QED) is 0.256. The summed E-state index contributed by atoms with van der Waals surface area (Å²) in [4.78, 5) is 5.07. The average Bonchev–Trinajstić information content (AvgIpc) is 3.38. The average molecular weight is 538 g/mol. The number of aryl methyl sites for hydroxylation is 4. The Hall–Kier alpha value is -3.62. The smallest absolute Gasteiger partial charge is 0.217 e. The molecule has 0 radical (unpaired) electrons. The van der Waals surface area contributed by atoms with Crippen molar-refractivity contribution in [3.63, 3.8) is 0 Å². The lowest BCUT2D eigenvalue weighted by atomic mass is 10.1. The Balaban J connectivity index is 1.64. The van der Waals surface area contributed by atoms with Crippen molar-refractivity contribution >= 4 is 29.7 Å². The molecule has 5 heteroatoms. The number of benzene rings is 4. The monoisotopic (exact) mass is 537 g/mol. The molecule has 0 saturated carbocycles. The first-order valence-electron chi connectivity index (χ1n) is 13.3. The van der Waals surface area contributed by atoms with E-state index in [-0.39, 0.29) is 6.04 Å². The molecule has 1 aliphatic heterocycles. The summed E-state index contributed by atoms with van der Waals surface area (Å²) in [6.07, 6.45) is 0.870. The second-order valence-electron chi connectivity index (χ2n) is 10.2. The fourth-order valence-corrected chi connectivity index (χ4v) is 8.38. The molecule has 0 amide bonds. The molecular weight excluding hydrogens is 501 g/mol. The second-order valence-corrected chi connectivity index (χ2v) is 12.4. The third-order valence-electron chi connectivity index (χ3n) is 7.22. The van der Waals surface area contributed by atoms with Crippen LogP contribution in [0.25, 0.3) is 0 Å². The third-order valence-corrected chi connectivity index (χ3v) is 9.64. The van der Waals surface area contributed by atoms with Crippen molar-refractivity contribution in [2.45, 2.75) is 40.2 Å². The zero-order valence-corrected chi connectivity index (χ0v) is 24.5. The summed E-state index contributed by atoms with van der Waals surface area (Å²) in [5, 5.41) is 3.79. The van der Waals surface area contributed by atoms with Gasteiger partial charge in [-0.2, -0.15) is 0 Å². The van der Waals surface area contributed by atoms with Crippen molar-refractivity contribution < 1.29 is 14.2 Å². The van der Waals surface area contributed by atoms with Crippen LogP contribution >= 0.6 is 7.92 Å². The molecule has 4 nitrogen and oxygen atoms in total. The summed E-state index contributed by atoms with van der Waals surface area (Å²) in [5.41, 5.74) is 6.89. The Labute approximate surface area is 233 Å². The molecule has 39 heavy (non-hydrogen) atoms. The van der Waals surface area contributed by atoms with Crippen molar-refractivity contribution in [1.29, 1.82) is 0 Å². The van der Waals surface area contributed by atoms with E-state index in [1.165, 1.54) is 21.5 Å². The molecule has 0 aromatic heterocycles. The first kappa shape index (κ1) is 27.0. The maximum absolute atomic E-state index is 6.27. The van der Waals surface area contributed by atoms with Gasteiger partial charge in [0.15, 0.2) is 0 Å². The summed E-state index contributed by atoms with van der Waals surface area (Å²) in [6, 6.07) is 28.3. The molecule has 4 aromatic carbocycles. The normalized spacial score (nSPS) is 14.7. The van der Waals surface area contributed by atoms with E-state index in [9.17, 15) is 0 Å². The Kier molecular flexibility index (Phi) is 8.04. The highest BCUT2D eigenvalue weighted by Gasteiger charge is 2.28. The molecule has 5 rings (SSSR count). The first-order valence-corrected chi connectivity index (χ1v) is 14.7. The fraction of sp³-hybridized carbons (Fsp3) is 0.265. The van der Waals surface area contributed by atoms with Crippen LogP contribution in [-0.2, 0) is 11.2 Å². The van der Waals surface area contributed by atoms with Crippen molar-refractivity contribution in [2.24, 2.45) is 4.99 Å². The van der Waals surface area contributed by atoms with Crippen LogP contribution in [0.1, 0.15) is 33.4 Å². The van der Waals surface area contributed by atoms with Crippen LogP contribution in [-0.4, -0.2) is 32.8 Å². The van der Waals surface area contributed by atoms with Crippen LogP contribution in [0.4, 0.5) is 0 Å². The van der Waals surface area contributed by atoms with Crippen LogP contribution < -0.4 is 25.4 Å². The summed E-state index contributed by atoms with van der Waals surface area (Å²) in [6.45, 7) is 9.09. The largest absolute Gasteiger partial charge is 0.496 e. The van der Waals surface area contributed by atoms with Crippen LogP contribution in [0.3, 0.4) is 0 Å². The minimum absolute atomic E-state index is 0.109. The number of nitrogens with zero attached hydrogens (tertiary/aromatic N) is 1. The predicted octanol–water partition coefficient (Wildman–Crippen LogP) is 6.08. The van der Waals surface area contributed by atoms with E-state index in [1.807, 2.05) is 6.07 Å². The van der Waals surface area contributed by atoms with E-state index in [0.717, 1.165) is 51.6 Å². The number of rotatable bonds is 8. The molecule has 0 unspecified atom stereocenters. The number of aliphatic imine (C=N–C) groups is 1. The van der Waals surface area contributed by atoms with Gasteiger partial charge in [0.2, 0.25) is 5.90 Å². The minimum atomic E-state index is -0.917. The minimum Gasteiger partial charge on any atom is -0.496 e. The number of ether oxygens (including phenoxy) is 3. The van der Waals surface area contributed by atoms with Crippen LogP contribution in [0.5, 0.6) is 11.5 Å². The lowest BCUT2D eigenvalue weighted by Crippen LogP contribution is -2.26. The molecule has 0 N–H and O–H groups in total. The van der Waals surface area contributed by atoms with Crippen molar-refractivity contribution in [3.05, 3.63) is 112 Å². The SMILES string of the molecule is COc1c(C)cc(P(c2cc(C)c(OC)c(C)c2)c2ccccc2C2=N[C@@H](Cc3ccccc3)CO2)cc1C. The molecule has 1 atom stereocenters. The molecule has 4 aromatic rings. The van der Waals surface area contributed by atoms with Gasteiger partial charge in [-0.05, 0) is 116 Å². The van der Waals surface area contributed by atoms with Crippen molar-refractivity contribution in [1.82, 2.24) is 0 Å². The van der Waals surface area contributed by atoms with Gasteiger partial charge in [0.1, 0.15) is 18.1 Å². The van der Waals surface area contributed by atoms with Crippen molar-refractivity contribution in [3.8, 4) is 11.5 Å². The Morgan fingerprint density at radius 3 is 1.79 bits per heavy atom. The number of hydrogen-bond acceptors (Lipinski definition) is 4. The van der Waals surface area contributed by atoms with Crippen LogP contribution in [0.2, 0.25) is 0 Å². The molecular formula is C34H36NO3P. The Morgan fingerprint density at radius 1 is 0.744 bits per heavy atom. The molecule has 1 heterocycles. The van der Waals surface area contributed by atoms with E-state index in [1.54, 1.807) is 14.2 Å². The van der Waals surface area contributed by atoms with Gasteiger partial charge in [-0.25, -0.2) is 4.99 Å². The lowest BCUT2D eigenvalue weighted by Gasteiger charge is -2.25. The Bertz CT molecular complexity index is 1410. The first-order chi connectivity index (χ1) is 18.9. The molecule has 0 spiro atoms. The summed E-state index contributed by atoms with van der Waals surface area (Å²) in [7, 11) is 2.56. The van der Waals surface area contributed by atoms with Crippen molar-refractivity contribution in [2.75, 3.05) is 20.8 Å². The van der Waals surface area contributed by atoms with E-state index in [2.05, 4.69) is 100 Å². The zero-order valence-electron chi connectivity index (χ0n) is 23.6. The Morgan fingerprint density at radius 2 is 1.26 bits per heavy atom. The van der Waals surface area contributed by atoms with Gasteiger partial charge >= 0.3 is 0 Å². The molecule has 1 aliphatic rings. The summed E-state index contributed by atoms with van der Waals surface area (Å²) < 4.78 is 17.7. The lowest BCUT2D eigenvalue weighted by molar-refractivity contribution is 0.317. The van der Waals surface area contributed by atoms with Gasteiger partial charge in [0, 0.05) is 5.56 Å².